The van der Waals surface area contributed by atoms with E-state index in [0.717, 1.165) is 38.8 Å². The van der Waals surface area contributed by atoms with Crippen LogP contribution in [0, 0.1) is 17.7 Å². The Bertz CT molecular complexity index is 1350. The van der Waals surface area contributed by atoms with E-state index in [4.69, 9.17) is 0 Å². The Kier molecular flexibility index (Phi) is 11.7. The number of benzene rings is 1. The molecule has 2 aromatic rings. The lowest BCUT2D eigenvalue weighted by Crippen LogP contribution is -2.55. The summed E-state index contributed by atoms with van der Waals surface area (Å²) < 4.78 is 17.2. The molecular formula is C33H48FN7O4. The van der Waals surface area contributed by atoms with E-state index in [2.05, 4.69) is 32.9 Å². The van der Waals surface area contributed by atoms with Gasteiger partial charge in [0.1, 0.15) is 23.6 Å². The van der Waals surface area contributed by atoms with Crippen molar-refractivity contribution >= 4 is 29.3 Å². The zero-order valence-electron chi connectivity index (χ0n) is 27.1. The van der Waals surface area contributed by atoms with Crippen molar-refractivity contribution in [2.45, 2.75) is 84.3 Å². The molecule has 11 nitrogen and oxygen atoms in total. The van der Waals surface area contributed by atoms with Gasteiger partial charge in [-0.2, -0.15) is 5.10 Å². The maximum atomic E-state index is 15.6. The Morgan fingerprint density at radius 2 is 1.69 bits per heavy atom. The van der Waals surface area contributed by atoms with Gasteiger partial charge in [0.2, 0.25) is 17.7 Å². The van der Waals surface area contributed by atoms with Gasteiger partial charge in [-0.3, -0.25) is 23.9 Å². The summed E-state index contributed by atoms with van der Waals surface area (Å²) in [5.74, 6) is -2.06. The summed E-state index contributed by atoms with van der Waals surface area (Å²) in [6, 6.07) is 4.36. The fourth-order valence-electron chi connectivity index (χ4n) is 6.23. The molecule has 0 bridgehead atoms. The number of aryl methyl sites for hydroxylation is 1. The molecule has 2 fully saturated rings. The third-order valence-corrected chi connectivity index (χ3v) is 9.35. The first kappa shape index (κ1) is 34.1. The Hall–Kier alpha value is -3.80. The maximum Gasteiger partial charge on any atom is 0.270 e. The largest absolute Gasteiger partial charge is 0.344 e. The van der Waals surface area contributed by atoms with Crippen LogP contribution in [-0.4, -0.2) is 88.5 Å². The molecule has 0 radical (unpaired) electrons. The van der Waals surface area contributed by atoms with Crippen LogP contribution < -0.4 is 16.0 Å². The van der Waals surface area contributed by atoms with E-state index >= 15 is 4.39 Å². The van der Waals surface area contributed by atoms with Gasteiger partial charge in [0.25, 0.3) is 5.91 Å². The molecule has 0 spiro atoms. The number of piperazine rings is 1. The second kappa shape index (κ2) is 15.5. The Balaban J connectivity index is 1.52. The standard InChI is InChI=1S/C33H48FN7O4/c1-6-28(42)37-29(33(45)40-18-16-39(5)17-19-40)22(4)24-12-13-26(25(34)20-24)36-32(44)30(23-10-8-21(3)9-11-23)38-31(43)27-14-15-35-41(27)7-2/h12-15,20-23,29-30H,6-11,16-19H2,1-5H3,(H,36,44)(H,37,42)(H,38,43)/t21-,22-,23-,29+,30+/m0/s1. The van der Waals surface area contributed by atoms with Gasteiger partial charge in [-0.15, -0.1) is 0 Å². The average molecular weight is 626 g/mol. The van der Waals surface area contributed by atoms with E-state index in [9.17, 15) is 19.2 Å². The lowest BCUT2D eigenvalue weighted by Gasteiger charge is -2.36. The fraction of sp³-hybridized carbons (Fsp3) is 0.606. The van der Waals surface area contributed by atoms with Gasteiger partial charge in [0.05, 0.1) is 5.69 Å². The predicted octanol–water partition coefficient (Wildman–Crippen LogP) is 3.38. The van der Waals surface area contributed by atoms with Crippen molar-refractivity contribution in [3.05, 3.63) is 47.5 Å². The summed E-state index contributed by atoms with van der Waals surface area (Å²) in [5.41, 5.74) is 0.866. The number of halogens is 1. The zero-order chi connectivity index (χ0) is 32.7. The maximum absolute atomic E-state index is 15.6. The van der Waals surface area contributed by atoms with E-state index in [0.29, 0.717) is 36.8 Å². The van der Waals surface area contributed by atoms with Crippen molar-refractivity contribution in [3.8, 4) is 0 Å². The molecule has 4 rings (SSSR count). The van der Waals surface area contributed by atoms with Crippen LogP contribution in [0.15, 0.2) is 30.5 Å². The monoisotopic (exact) mass is 625 g/mol. The van der Waals surface area contributed by atoms with Gasteiger partial charge in [0, 0.05) is 51.3 Å². The molecule has 2 heterocycles. The molecule has 1 saturated heterocycles. The molecule has 1 aromatic carbocycles. The van der Waals surface area contributed by atoms with Crippen molar-refractivity contribution < 1.29 is 23.6 Å². The molecule has 3 atom stereocenters. The molecule has 1 aromatic heterocycles. The number of carbonyl (C=O) groups is 4. The third kappa shape index (κ3) is 8.47. The predicted molar refractivity (Wildman–Crippen MR) is 170 cm³/mol. The zero-order valence-corrected chi connectivity index (χ0v) is 27.1. The molecule has 1 aliphatic heterocycles. The quantitative estimate of drug-likeness (QED) is 0.351. The molecule has 0 unspecified atom stereocenters. The first-order chi connectivity index (χ1) is 21.5. The molecule has 1 aliphatic carbocycles. The number of rotatable bonds is 11. The van der Waals surface area contributed by atoms with Gasteiger partial charge in [0.15, 0.2) is 0 Å². The molecule has 45 heavy (non-hydrogen) atoms. The second-order valence-corrected chi connectivity index (χ2v) is 12.5. The number of anilines is 1. The second-order valence-electron chi connectivity index (χ2n) is 12.5. The van der Waals surface area contributed by atoms with Crippen LogP contribution in [-0.2, 0) is 20.9 Å². The van der Waals surface area contributed by atoms with Crippen molar-refractivity contribution in [2.24, 2.45) is 11.8 Å². The first-order valence-corrected chi connectivity index (χ1v) is 16.2. The van der Waals surface area contributed by atoms with Crippen LogP contribution in [0.1, 0.15) is 81.8 Å². The molecule has 246 valence electrons. The Morgan fingerprint density at radius 1 is 1.00 bits per heavy atom. The van der Waals surface area contributed by atoms with Crippen LogP contribution in [0.2, 0.25) is 0 Å². The van der Waals surface area contributed by atoms with Crippen molar-refractivity contribution in [2.75, 3.05) is 38.5 Å². The van der Waals surface area contributed by atoms with Crippen molar-refractivity contribution in [1.82, 2.24) is 30.2 Å². The van der Waals surface area contributed by atoms with Crippen LogP contribution in [0.4, 0.5) is 10.1 Å². The molecular weight excluding hydrogens is 577 g/mol. The minimum Gasteiger partial charge on any atom is -0.344 e. The minimum absolute atomic E-state index is 0.0162. The number of amides is 4. The number of hydrogen-bond acceptors (Lipinski definition) is 6. The lowest BCUT2D eigenvalue weighted by atomic mass is 9.79. The number of hydrogen-bond donors (Lipinski definition) is 3. The van der Waals surface area contributed by atoms with E-state index in [1.54, 1.807) is 41.8 Å². The number of carbonyl (C=O) groups excluding carboxylic acids is 4. The number of nitrogens with one attached hydrogen (secondary N) is 3. The smallest absolute Gasteiger partial charge is 0.270 e. The summed E-state index contributed by atoms with van der Waals surface area (Å²) in [7, 11) is 2.00. The topological polar surface area (TPSA) is 129 Å². The van der Waals surface area contributed by atoms with Gasteiger partial charge in [-0.05, 0) is 62.4 Å². The highest BCUT2D eigenvalue weighted by Gasteiger charge is 2.35. The van der Waals surface area contributed by atoms with Crippen LogP contribution in [0.3, 0.4) is 0 Å². The van der Waals surface area contributed by atoms with E-state index in [1.807, 2.05) is 14.0 Å². The fourth-order valence-corrected chi connectivity index (χ4v) is 6.23. The summed E-state index contributed by atoms with van der Waals surface area (Å²) >= 11 is 0. The average Bonchev–Trinajstić information content (AvgIpc) is 3.53. The lowest BCUT2D eigenvalue weighted by molar-refractivity contribution is -0.138. The van der Waals surface area contributed by atoms with E-state index in [-0.39, 0.29) is 29.8 Å². The van der Waals surface area contributed by atoms with Gasteiger partial charge in [-0.1, -0.05) is 39.7 Å². The number of likely N-dealkylation sites (N-methyl/N-ethyl adjacent to an activating group) is 1. The first-order valence-electron chi connectivity index (χ1n) is 16.2. The highest BCUT2D eigenvalue weighted by Crippen LogP contribution is 2.32. The number of aromatic nitrogens is 2. The summed E-state index contributed by atoms with van der Waals surface area (Å²) in [5, 5.41) is 12.6. The van der Waals surface area contributed by atoms with Crippen LogP contribution in [0.25, 0.3) is 0 Å². The third-order valence-electron chi connectivity index (χ3n) is 9.35. The minimum atomic E-state index is -0.856. The van der Waals surface area contributed by atoms with Crippen LogP contribution in [0.5, 0.6) is 0 Å². The Morgan fingerprint density at radius 3 is 2.31 bits per heavy atom. The highest BCUT2D eigenvalue weighted by atomic mass is 19.1. The van der Waals surface area contributed by atoms with Gasteiger partial charge >= 0.3 is 0 Å². The Labute approximate surface area is 265 Å². The molecule has 12 heteroatoms. The van der Waals surface area contributed by atoms with E-state index in [1.165, 1.54) is 12.1 Å². The summed E-state index contributed by atoms with van der Waals surface area (Å²) in [6.07, 6.45) is 5.21. The molecule has 2 aliphatic rings. The molecule has 3 N–H and O–H groups in total. The van der Waals surface area contributed by atoms with Gasteiger partial charge in [-0.25, -0.2) is 4.39 Å². The SMILES string of the molecule is CCC(=O)N[C@@H](C(=O)N1CCN(C)CC1)[C@@H](C)c1ccc(NC(=O)[C@H](NC(=O)c2ccnn2CC)[C@H]2CC[C@H](C)CC2)c(F)c1. The van der Waals surface area contributed by atoms with Crippen LogP contribution >= 0.6 is 0 Å². The molecule has 4 amide bonds. The summed E-state index contributed by atoms with van der Waals surface area (Å²) in [6.45, 7) is 10.7. The highest BCUT2D eigenvalue weighted by molar-refractivity contribution is 6.00. The summed E-state index contributed by atoms with van der Waals surface area (Å²) in [4.78, 5) is 56.7. The van der Waals surface area contributed by atoms with Crippen molar-refractivity contribution in [1.29, 1.82) is 0 Å². The normalized spacial score (nSPS) is 21.0. The van der Waals surface area contributed by atoms with Crippen molar-refractivity contribution in [3.63, 3.8) is 0 Å². The van der Waals surface area contributed by atoms with Gasteiger partial charge < -0.3 is 25.8 Å². The number of nitrogens with zero attached hydrogens (tertiary/aromatic N) is 4. The van der Waals surface area contributed by atoms with E-state index < -0.39 is 35.6 Å². The molecule has 1 saturated carbocycles.